The fourth-order valence-electron chi connectivity index (χ4n) is 0.960. The first-order valence-electron chi connectivity index (χ1n) is 4.00. The normalized spacial score (nSPS) is 16.7. The molecule has 0 fully saturated rings. The Morgan fingerprint density at radius 1 is 1.38 bits per heavy atom. The van der Waals surface area contributed by atoms with Gasteiger partial charge in [-0.05, 0) is 12.8 Å². The summed E-state index contributed by atoms with van der Waals surface area (Å²) in [7, 11) is -0.733. The second kappa shape index (κ2) is 4.23. The van der Waals surface area contributed by atoms with Crippen LogP contribution < -0.4 is 0 Å². The third-order valence-corrected chi connectivity index (χ3v) is 5.12. The van der Waals surface area contributed by atoms with Gasteiger partial charge in [-0.3, -0.25) is 4.57 Å². The Hall–Kier alpha value is -0.360. The van der Waals surface area contributed by atoms with Gasteiger partial charge in [-0.1, -0.05) is 13.8 Å². The highest BCUT2D eigenvalue weighted by Gasteiger charge is 2.49. The van der Waals surface area contributed by atoms with E-state index in [4.69, 9.17) is 14.3 Å². The highest BCUT2D eigenvalue weighted by Crippen LogP contribution is 2.61. The molecule has 0 aromatic rings. The molecule has 0 aliphatic rings. The Morgan fingerprint density at radius 2 is 1.77 bits per heavy atom. The average Bonchev–Trinajstić information content (AvgIpc) is 2.14. The minimum absolute atomic E-state index is 0.0942. The van der Waals surface area contributed by atoms with E-state index in [0.29, 0.717) is 0 Å². The summed E-state index contributed by atoms with van der Waals surface area (Å²) in [6.07, 6.45) is 0. The maximum Gasteiger partial charge on any atom is 0.350 e. The van der Waals surface area contributed by atoms with E-state index >= 15 is 0 Å². The Morgan fingerprint density at radius 3 is 1.85 bits per heavy atom. The first kappa shape index (κ1) is 12.6. The van der Waals surface area contributed by atoms with Crippen molar-refractivity contribution >= 4 is 7.60 Å². The predicted octanol–water partition coefficient (Wildman–Crippen LogP) is 2.41. The zero-order valence-electron chi connectivity index (χ0n) is 8.70. The first-order chi connectivity index (χ1) is 5.88. The number of hydrogen-bond acceptors (Lipinski definition) is 4. The number of rotatable bonds is 4. The molecule has 5 heteroatoms. The van der Waals surface area contributed by atoms with E-state index in [-0.39, 0.29) is 5.92 Å². The molecule has 0 aliphatic carbocycles. The summed E-state index contributed by atoms with van der Waals surface area (Å²) in [5.74, 6) is -0.0942. The molecular weight excluding hydrogens is 189 g/mol. The zero-order chi connectivity index (χ0) is 10.7. The van der Waals surface area contributed by atoms with Gasteiger partial charge in [-0.2, -0.15) is 5.26 Å². The quantitative estimate of drug-likeness (QED) is 0.661. The molecule has 0 rings (SSSR count). The molecule has 0 aliphatic heterocycles. The minimum atomic E-state index is -3.32. The molecule has 0 N–H and O–H groups in total. The van der Waals surface area contributed by atoms with Crippen LogP contribution in [0.1, 0.15) is 20.8 Å². The Bertz CT molecular complexity index is 251. The van der Waals surface area contributed by atoms with Gasteiger partial charge >= 0.3 is 7.60 Å². The van der Waals surface area contributed by atoms with Crippen LogP contribution in [0.5, 0.6) is 0 Å². The number of nitrogens with zero attached hydrogens (tertiary/aromatic N) is 1. The van der Waals surface area contributed by atoms with Crippen molar-refractivity contribution in [3.63, 3.8) is 0 Å². The maximum absolute atomic E-state index is 12.0. The molecule has 0 heterocycles. The van der Waals surface area contributed by atoms with E-state index < -0.39 is 12.8 Å². The average molecular weight is 205 g/mol. The highest BCUT2D eigenvalue weighted by molar-refractivity contribution is 7.56. The van der Waals surface area contributed by atoms with Crippen LogP contribution >= 0.6 is 7.60 Å². The van der Waals surface area contributed by atoms with Gasteiger partial charge < -0.3 is 9.05 Å². The second-order valence-electron chi connectivity index (χ2n) is 3.28. The topological polar surface area (TPSA) is 59.3 Å². The van der Waals surface area contributed by atoms with Crippen molar-refractivity contribution in [1.82, 2.24) is 0 Å². The van der Waals surface area contributed by atoms with Crippen molar-refractivity contribution in [2.24, 2.45) is 5.92 Å². The summed E-state index contributed by atoms with van der Waals surface area (Å²) >= 11 is 0. The van der Waals surface area contributed by atoms with Gasteiger partial charge in [0, 0.05) is 14.2 Å². The van der Waals surface area contributed by atoms with Crippen LogP contribution in [-0.4, -0.2) is 19.4 Å². The van der Waals surface area contributed by atoms with Crippen LogP contribution in [0.25, 0.3) is 0 Å². The van der Waals surface area contributed by atoms with Crippen LogP contribution in [0.3, 0.4) is 0 Å². The fraction of sp³-hybridized carbons (Fsp3) is 0.875. The van der Waals surface area contributed by atoms with E-state index in [1.54, 1.807) is 6.92 Å². The van der Waals surface area contributed by atoms with E-state index in [9.17, 15) is 4.57 Å². The summed E-state index contributed by atoms with van der Waals surface area (Å²) in [6, 6.07) is 2.01. The summed E-state index contributed by atoms with van der Waals surface area (Å²) in [5, 5.41) is 7.88. The molecule has 0 aromatic carbocycles. The van der Waals surface area contributed by atoms with Crippen LogP contribution in [0.2, 0.25) is 0 Å². The smallest absolute Gasteiger partial charge is 0.311 e. The van der Waals surface area contributed by atoms with Crippen molar-refractivity contribution in [3.05, 3.63) is 0 Å². The maximum atomic E-state index is 12.0. The molecule has 0 radical (unpaired) electrons. The van der Waals surface area contributed by atoms with Gasteiger partial charge in [-0.15, -0.1) is 0 Å². The number of nitriles is 1. The van der Waals surface area contributed by atoms with E-state index in [1.807, 2.05) is 19.9 Å². The fourth-order valence-corrected chi connectivity index (χ4v) is 2.62. The Labute approximate surface area is 79.4 Å². The second-order valence-corrected chi connectivity index (χ2v) is 5.93. The molecule has 0 bridgehead atoms. The monoisotopic (exact) mass is 205 g/mol. The molecule has 0 aromatic heterocycles. The standard InChI is InChI=1S/C8H16NO3P/c1-7(2)8(3,6-9)13(10,11-4)12-5/h7H,1-5H3. The lowest BCUT2D eigenvalue weighted by Gasteiger charge is -2.31. The first-order valence-corrected chi connectivity index (χ1v) is 5.55. The van der Waals surface area contributed by atoms with Crippen LogP contribution in [0.15, 0.2) is 0 Å². The summed E-state index contributed by atoms with van der Waals surface area (Å²) in [4.78, 5) is 0. The van der Waals surface area contributed by atoms with E-state index in [2.05, 4.69) is 0 Å². The lowest BCUT2D eigenvalue weighted by Crippen LogP contribution is -2.30. The van der Waals surface area contributed by atoms with Crippen LogP contribution in [0, 0.1) is 17.2 Å². The largest absolute Gasteiger partial charge is 0.350 e. The molecule has 0 spiro atoms. The van der Waals surface area contributed by atoms with Crippen molar-refractivity contribution in [1.29, 1.82) is 5.26 Å². The van der Waals surface area contributed by atoms with Crippen LogP contribution in [0.4, 0.5) is 0 Å². The van der Waals surface area contributed by atoms with Gasteiger partial charge in [0.25, 0.3) is 0 Å². The minimum Gasteiger partial charge on any atom is -0.311 e. The predicted molar refractivity (Wildman–Crippen MR) is 50.5 cm³/mol. The molecule has 0 amide bonds. The van der Waals surface area contributed by atoms with Gasteiger partial charge in [0.2, 0.25) is 0 Å². The number of hydrogen-bond donors (Lipinski definition) is 0. The summed E-state index contributed by atoms with van der Waals surface area (Å²) in [5.41, 5.74) is 0. The Kier molecular flexibility index (Phi) is 4.12. The molecule has 1 unspecified atom stereocenters. The van der Waals surface area contributed by atoms with Crippen molar-refractivity contribution in [3.8, 4) is 6.07 Å². The van der Waals surface area contributed by atoms with Gasteiger partial charge in [-0.25, -0.2) is 0 Å². The van der Waals surface area contributed by atoms with E-state index in [1.165, 1.54) is 14.2 Å². The van der Waals surface area contributed by atoms with Crippen molar-refractivity contribution in [2.75, 3.05) is 14.2 Å². The SMILES string of the molecule is COP(=O)(OC)C(C)(C#N)C(C)C. The van der Waals surface area contributed by atoms with Gasteiger partial charge in [0.1, 0.15) is 0 Å². The van der Waals surface area contributed by atoms with Crippen molar-refractivity contribution in [2.45, 2.75) is 25.9 Å². The molecule has 0 saturated carbocycles. The molecule has 4 nitrogen and oxygen atoms in total. The van der Waals surface area contributed by atoms with Crippen LogP contribution in [-0.2, 0) is 13.6 Å². The third-order valence-electron chi connectivity index (χ3n) is 2.40. The molecular formula is C8H16NO3P. The van der Waals surface area contributed by atoms with Gasteiger partial charge in [0.05, 0.1) is 6.07 Å². The molecule has 1 atom stereocenters. The molecule has 0 saturated heterocycles. The summed E-state index contributed by atoms with van der Waals surface area (Å²) < 4.78 is 21.6. The zero-order valence-corrected chi connectivity index (χ0v) is 9.59. The molecule has 13 heavy (non-hydrogen) atoms. The van der Waals surface area contributed by atoms with Gasteiger partial charge in [0.15, 0.2) is 5.16 Å². The van der Waals surface area contributed by atoms with E-state index in [0.717, 1.165) is 0 Å². The highest BCUT2D eigenvalue weighted by atomic mass is 31.2. The lowest BCUT2D eigenvalue weighted by atomic mass is 9.99. The van der Waals surface area contributed by atoms with Crippen molar-refractivity contribution < 1.29 is 13.6 Å². The third kappa shape index (κ3) is 1.94. The Balaban J connectivity index is 5.20. The molecule has 76 valence electrons. The lowest BCUT2D eigenvalue weighted by molar-refractivity contribution is 0.246. The summed E-state index contributed by atoms with van der Waals surface area (Å²) in [6.45, 7) is 5.22.